The van der Waals surface area contributed by atoms with Gasteiger partial charge in [-0.3, -0.25) is 9.59 Å². The molecule has 2 aromatic heterocycles. The van der Waals surface area contributed by atoms with Gasteiger partial charge in [0.1, 0.15) is 10.8 Å². The van der Waals surface area contributed by atoms with Crippen LogP contribution in [-0.2, 0) is 11.2 Å². The maximum absolute atomic E-state index is 11.0. The minimum Gasteiger partial charge on any atom is -0.300 e. The number of aldehydes is 1. The molecule has 0 aliphatic rings. The summed E-state index contributed by atoms with van der Waals surface area (Å²) < 4.78 is 0. The van der Waals surface area contributed by atoms with E-state index in [2.05, 4.69) is 4.98 Å². The van der Waals surface area contributed by atoms with Gasteiger partial charge in [0.25, 0.3) is 0 Å². The first-order valence-corrected chi connectivity index (χ1v) is 6.74. The van der Waals surface area contributed by atoms with Gasteiger partial charge in [0, 0.05) is 4.88 Å². The molecule has 2 heterocycles. The topological polar surface area (TPSA) is 47.0 Å². The first-order chi connectivity index (χ1) is 8.10. The Kier molecular flexibility index (Phi) is 3.49. The van der Waals surface area contributed by atoms with Gasteiger partial charge in [-0.05, 0) is 26.0 Å². The van der Waals surface area contributed by atoms with Gasteiger partial charge in [-0.2, -0.15) is 0 Å². The molecule has 88 valence electrons. The second kappa shape index (κ2) is 4.89. The molecule has 5 heteroatoms. The van der Waals surface area contributed by atoms with Crippen LogP contribution in [0.15, 0.2) is 12.1 Å². The van der Waals surface area contributed by atoms with Gasteiger partial charge < -0.3 is 0 Å². The van der Waals surface area contributed by atoms with Crippen molar-refractivity contribution in [3.05, 3.63) is 27.7 Å². The fourth-order valence-electron chi connectivity index (χ4n) is 1.51. The maximum atomic E-state index is 11.0. The van der Waals surface area contributed by atoms with Crippen LogP contribution in [0.25, 0.3) is 9.75 Å². The molecule has 0 amide bonds. The van der Waals surface area contributed by atoms with Crippen LogP contribution >= 0.6 is 22.7 Å². The van der Waals surface area contributed by atoms with E-state index in [1.165, 1.54) is 22.7 Å². The van der Waals surface area contributed by atoms with Crippen LogP contribution in [0.4, 0.5) is 0 Å². The van der Waals surface area contributed by atoms with Gasteiger partial charge in [0.05, 0.1) is 21.9 Å². The van der Waals surface area contributed by atoms with Crippen LogP contribution in [0.5, 0.6) is 0 Å². The van der Waals surface area contributed by atoms with Crippen molar-refractivity contribution < 1.29 is 9.59 Å². The minimum atomic E-state index is 0.116. The molecule has 0 spiro atoms. The van der Waals surface area contributed by atoms with Crippen molar-refractivity contribution in [2.75, 3.05) is 0 Å². The first kappa shape index (κ1) is 12.1. The summed E-state index contributed by atoms with van der Waals surface area (Å²) in [5, 5.41) is 0.839. The number of Topliss-reactive ketones (excluding diaryl/α,β-unsaturated/α-hetero) is 1. The molecule has 0 saturated carbocycles. The normalized spacial score (nSPS) is 10.5. The summed E-state index contributed by atoms with van der Waals surface area (Å²) in [5.41, 5.74) is 0.922. The highest BCUT2D eigenvalue weighted by molar-refractivity contribution is 7.22. The number of aromatic nitrogens is 1. The van der Waals surface area contributed by atoms with Crippen molar-refractivity contribution in [3.63, 3.8) is 0 Å². The molecule has 3 nitrogen and oxygen atoms in total. The van der Waals surface area contributed by atoms with E-state index in [4.69, 9.17) is 0 Å². The van der Waals surface area contributed by atoms with Crippen LogP contribution < -0.4 is 0 Å². The molecule has 0 unspecified atom stereocenters. The summed E-state index contributed by atoms with van der Waals surface area (Å²) in [6.07, 6.45) is 1.23. The van der Waals surface area contributed by atoms with E-state index in [1.807, 2.05) is 13.0 Å². The number of hydrogen-bond acceptors (Lipinski definition) is 5. The van der Waals surface area contributed by atoms with Crippen LogP contribution in [-0.4, -0.2) is 17.1 Å². The number of aryl methyl sites for hydroxylation is 1. The predicted octanol–water partition coefficient (Wildman–Crippen LogP) is 3.12. The monoisotopic (exact) mass is 265 g/mol. The number of rotatable bonds is 4. The van der Waals surface area contributed by atoms with E-state index in [0.717, 1.165) is 26.7 Å². The smallest absolute Gasteiger partial charge is 0.160 e. The zero-order valence-corrected chi connectivity index (χ0v) is 11.2. The Labute approximate surface area is 107 Å². The average molecular weight is 265 g/mol. The van der Waals surface area contributed by atoms with Crippen molar-refractivity contribution in [1.82, 2.24) is 4.98 Å². The first-order valence-electron chi connectivity index (χ1n) is 5.11. The second-order valence-electron chi connectivity index (χ2n) is 3.72. The van der Waals surface area contributed by atoms with Crippen LogP contribution in [0.2, 0.25) is 0 Å². The standard InChI is InChI=1S/C12H11NO2S2/c1-7(15)5-11-13-8(2)12(17-11)10-4-3-9(6-14)16-10/h3-4,6H,5H2,1-2H3. The molecule has 0 fully saturated rings. The molecule has 2 rings (SSSR count). The third kappa shape index (κ3) is 2.68. The van der Waals surface area contributed by atoms with E-state index in [0.29, 0.717) is 11.3 Å². The SMILES string of the molecule is CC(=O)Cc1nc(C)c(-c2ccc(C=O)s2)s1. The van der Waals surface area contributed by atoms with Crippen LogP contribution in [0, 0.1) is 6.92 Å². The Hall–Kier alpha value is -1.33. The van der Waals surface area contributed by atoms with Crippen LogP contribution in [0.1, 0.15) is 27.3 Å². The summed E-state index contributed by atoms with van der Waals surface area (Å²) in [5.74, 6) is 0.116. The van der Waals surface area contributed by atoms with Gasteiger partial charge in [0.2, 0.25) is 0 Å². The zero-order valence-electron chi connectivity index (χ0n) is 9.52. The van der Waals surface area contributed by atoms with E-state index in [1.54, 1.807) is 13.0 Å². The van der Waals surface area contributed by atoms with Crippen molar-refractivity contribution in [2.24, 2.45) is 0 Å². The molecule has 0 aliphatic carbocycles. The number of carbonyl (C=O) groups is 2. The lowest BCUT2D eigenvalue weighted by Crippen LogP contribution is -1.94. The van der Waals surface area contributed by atoms with Crippen molar-refractivity contribution in [2.45, 2.75) is 20.3 Å². The highest BCUT2D eigenvalue weighted by Crippen LogP contribution is 2.34. The van der Waals surface area contributed by atoms with Crippen molar-refractivity contribution in [3.8, 4) is 9.75 Å². The third-order valence-corrected chi connectivity index (χ3v) is 4.56. The van der Waals surface area contributed by atoms with E-state index >= 15 is 0 Å². The van der Waals surface area contributed by atoms with Gasteiger partial charge in [0.15, 0.2) is 6.29 Å². The predicted molar refractivity (Wildman–Crippen MR) is 69.9 cm³/mol. The number of carbonyl (C=O) groups excluding carboxylic acids is 2. The number of nitrogens with zero attached hydrogens (tertiary/aromatic N) is 1. The molecular formula is C12H11NO2S2. The van der Waals surface area contributed by atoms with E-state index in [9.17, 15) is 9.59 Å². The molecule has 0 atom stereocenters. The maximum Gasteiger partial charge on any atom is 0.160 e. The fraction of sp³-hybridized carbons (Fsp3) is 0.250. The summed E-state index contributed by atoms with van der Waals surface area (Å²) in [6.45, 7) is 3.49. The number of thiazole rings is 1. The highest BCUT2D eigenvalue weighted by atomic mass is 32.1. The Morgan fingerprint density at radius 3 is 2.76 bits per heavy atom. The lowest BCUT2D eigenvalue weighted by molar-refractivity contribution is -0.116. The molecule has 0 aliphatic heterocycles. The molecule has 0 aromatic carbocycles. The Morgan fingerprint density at radius 1 is 1.41 bits per heavy atom. The van der Waals surface area contributed by atoms with Gasteiger partial charge in [-0.1, -0.05) is 0 Å². The quantitative estimate of drug-likeness (QED) is 0.798. The largest absolute Gasteiger partial charge is 0.300 e. The summed E-state index contributed by atoms with van der Waals surface area (Å²) in [6, 6.07) is 3.73. The summed E-state index contributed by atoms with van der Waals surface area (Å²) in [4.78, 5) is 28.9. The summed E-state index contributed by atoms with van der Waals surface area (Å²) in [7, 11) is 0. The minimum absolute atomic E-state index is 0.116. The van der Waals surface area contributed by atoms with Gasteiger partial charge in [-0.25, -0.2) is 4.98 Å². The zero-order chi connectivity index (χ0) is 12.4. The van der Waals surface area contributed by atoms with Gasteiger partial charge in [-0.15, -0.1) is 22.7 Å². The Bertz CT molecular complexity index is 569. The third-order valence-electron chi connectivity index (χ3n) is 2.21. The molecular weight excluding hydrogens is 254 g/mol. The molecule has 0 N–H and O–H groups in total. The molecule has 0 bridgehead atoms. The molecule has 0 radical (unpaired) electrons. The number of ketones is 1. The Balaban J connectivity index is 2.35. The number of hydrogen-bond donors (Lipinski definition) is 0. The lowest BCUT2D eigenvalue weighted by Gasteiger charge is -1.90. The second-order valence-corrected chi connectivity index (χ2v) is 5.92. The number of thiophene rings is 1. The van der Waals surface area contributed by atoms with E-state index in [-0.39, 0.29) is 5.78 Å². The summed E-state index contributed by atoms with van der Waals surface area (Å²) >= 11 is 2.98. The lowest BCUT2D eigenvalue weighted by atomic mass is 10.3. The van der Waals surface area contributed by atoms with E-state index < -0.39 is 0 Å². The van der Waals surface area contributed by atoms with Crippen molar-refractivity contribution >= 4 is 34.7 Å². The van der Waals surface area contributed by atoms with Crippen LogP contribution in [0.3, 0.4) is 0 Å². The van der Waals surface area contributed by atoms with Gasteiger partial charge >= 0.3 is 0 Å². The average Bonchev–Trinajstić information content (AvgIpc) is 2.83. The molecule has 0 saturated heterocycles. The highest BCUT2D eigenvalue weighted by Gasteiger charge is 2.12. The van der Waals surface area contributed by atoms with Crippen molar-refractivity contribution in [1.29, 1.82) is 0 Å². The fourth-order valence-corrected chi connectivity index (χ4v) is 3.63. The molecule has 17 heavy (non-hydrogen) atoms. The Morgan fingerprint density at radius 2 is 2.18 bits per heavy atom. The molecule has 2 aromatic rings.